The van der Waals surface area contributed by atoms with E-state index >= 15 is 0 Å². The summed E-state index contributed by atoms with van der Waals surface area (Å²) in [6.45, 7) is 5.86. The number of oxime groups is 1. The average Bonchev–Trinajstić information content (AvgIpc) is 3.58. The van der Waals surface area contributed by atoms with Gasteiger partial charge in [0.25, 0.3) is 12.3 Å². The molecule has 12 nitrogen and oxygen atoms in total. The average molecular weight is 667 g/mol. The Labute approximate surface area is 271 Å². The minimum Gasteiger partial charge on any atom is -0.387 e. The SMILES string of the molecule is CCC[C@H](NC(=O)[C@@H]1C[C@]2(CC(c3cccc(Cl)c3)=NO2)CN1C(=O)[C@@H](NC(=O)NCC(F)F)C(C)(C)C)C(=O)C(=O)NC1CC1. The fourth-order valence-electron chi connectivity index (χ4n) is 5.59. The van der Waals surface area contributed by atoms with E-state index in [-0.39, 0.29) is 31.8 Å². The van der Waals surface area contributed by atoms with Gasteiger partial charge in [-0.05, 0) is 36.8 Å². The molecule has 0 aromatic heterocycles. The first kappa shape index (κ1) is 35.1. The van der Waals surface area contributed by atoms with Crippen molar-refractivity contribution in [1.82, 2.24) is 26.2 Å². The molecule has 1 saturated carbocycles. The molecule has 46 heavy (non-hydrogen) atoms. The predicted molar refractivity (Wildman–Crippen MR) is 165 cm³/mol. The molecule has 5 amide bonds. The molecule has 1 aromatic carbocycles. The number of hydrogen-bond donors (Lipinski definition) is 4. The van der Waals surface area contributed by atoms with Crippen LogP contribution in [0.5, 0.6) is 0 Å². The van der Waals surface area contributed by atoms with Crippen molar-refractivity contribution in [2.75, 3.05) is 13.1 Å². The monoisotopic (exact) mass is 666 g/mol. The molecule has 0 unspecified atom stereocenters. The van der Waals surface area contributed by atoms with E-state index in [9.17, 15) is 32.8 Å². The number of Topliss-reactive ketones (excluding diaryl/α,β-unsaturated/α-hetero) is 1. The second-order valence-electron chi connectivity index (χ2n) is 13.2. The van der Waals surface area contributed by atoms with Gasteiger partial charge in [-0.25, -0.2) is 13.6 Å². The Hall–Kier alpha value is -3.81. The van der Waals surface area contributed by atoms with Crippen molar-refractivity contribution in [3.05, 3.63) is 34.9 Å². The summed E-state index contributed by atoms with van der Waals surface area (Å²) in [5, 5.41) is 14.6. The van der Waals surface area contributed by atoms with Gasteiger partial charge in [-0.1, -0.05) is 63.0 Å². The van der Waals surface area contributed by atoms with E-state index in [4.69, 9.17) is 16.4 Å². The molecule has 1 saturated heterocycles. The maximum atomic E-state index is 14.2. The molecule has 15 heteroatoms. The molecule has 1 aromatic rings. The highest BCUT2D eigenvalue weighted by molar-refractivity contribution is 6.38. The molecule has 3 aliphatic rings. The molecule has 0 bridgehead atoms. The standard InChI is InChI=1S/C31H41ClF2N6O6/c1-5-7-20(24(41)27(43)36-19-10-11-19)37-26(42)22-14-31(13-21(39-46-31)17-8-6-9-18(32)12-17)16-40(22)28(44)25(30(2,3)4)38-29(45)35-15-23(33)34/h6,8-9,12,19-20,22-23,25H,5,7,10-11,13-16H2,1-4H3,(H,36,43)(H,37,42)(H2,35,38,45)/t20-,22-,25+,31+/m0/s1. The molecule has 4 rings (SSSR count). The Morgan fingerprint density at radius 2 is 1.87 bits per heavy atom. The summed E-state index contributed by atoms with van der Waals surface area (Å²) in [6.07, 6.45) is -0.309. The van der Waals surface area contributed by atoms with Crippen LogP contribution in [-0.2, 0) is 24.0 Å². The summed E-state index contributed by atoms with van der Waals surface area (Å²) in [7, 11) is 0. The molecule has 4 N–H and O–H groups in total. The summed E-state index contributed by atoms with van der Waals surface area (Å²) in [5.74, 6) is -2.88. The highest BCUT2D eigenvalue weighted by Gasteiger charge is 2.55. The number of halogens is 3. The minimum absolute atomic E-state index is 0.00606. The van der Waals surface area contributed by atoms with Gasteiger partial charge < -0.3 is 31.0 Å². The van der Waals surface area contributed by atoms with Gasteiger partial charge in [0.2, 0.25) is 17.6 Å². The highest BCUT2D eigenvalue weighted by Crippen LogP contribution is 2.40. The topological polar surface area (TPSA) is 158 Å². The molecule has 2 heterocycles. The molecule has 2 aliphatic heterocycles. The van der Waals surface area contributed by atoms with Crippen molar-refractivity contribution < 1.29 is 37.6 Å². The third-order valence-corrected chi connectivity index (χ3v) is 8.37. The van der Waals surface area contributed by atoms with Crippen molar-refractivity contribution in [3.8, 4) is 0 Å². The van der Waals surface area contributed by atoms with Crippen LogP contribution in [0, 0.1) is 5.41 Å². The minimum atomic E-state index is -2.79. The van der Waals surface area contributed by atoms with Gasteiger partial charge in [0.1, 0.15) is 12.1 Å². The van der Waals surface area contributed by atoms with E-state index in [1.807, 2.05) is 12.2 Å². The van der Waals surface area contributed by atoms with Crippen LogP contribution in [0.1, 0.15) is 71.8 Å². The van der Waals surface area contributed by atoms with Crippen molar-refractivity contribution >= 4 is 46.8 Å². The van der Waals surface area contributed by atoms with Crippen LogP contribution in [0.15, 0.2) is 29.4 Å². The van der Waals surface area contributed by atoms with Gasteiger partial charge in [0.15, 0.2) is 5.60 Å². The Morgan fingerprint density at radius 3 is 2.48 bits per heavy atom. The second kappa shape index (κ2) is 14.3. The van der Waals surface area contributed by atoms with E-state index in [2.05, 4.69) is 21.1 Å². The van der Waals surface area contributed by atoms with Crippen molar-refractivity contribution in [2.24, 2.45) is 10.6 Å². The quantitative estimate of drug-likeness (QED) is 0.251. The number of rotatable bonds is 12. The molecule has 0 radical (unpaired) electrons. The Bertz CT molecular complexity index is 1380. The number of alkyl halides is 2. The lowest BCUT2D eigenvalue weighted by Gasteiger charge is -2.35. The lowest BCUT2D eigenvalue weighted by molar-refractivity contribution is -0.144. The number of urea groups is 1. The smallest absolute Gasteiger partial charge is 0.315 e. The van der Waals surface area contributed by atoms with Gasteiger partial charge in [-0.2, -0.15) is 0 Å². The summed E-state index contributed by atoms with van der Waals surface area (Å²) in [6, 6.07) is 2.45. The summed E-state index contributed by atoms with van der Waals surface area (Å²) in [5.41, 5.74) is -0.765. The van der Waals surface area contributed by atoms with Crippen molar-refractivity contribution in [2.45, 2.75) is 102 Å². The van der Waals surface area contributed by atoms with E-state index < -0.39 is 71.6 Å². The highest BCUT2D eigenvalue weighted by atomic mass is 35.5. The Morgan fingerprint density at radius 1 is 1.15 bits per heavy atom. The zero-order chi connectivity index (χ0) is 33.8. The number of amides is 5. The number of carbonyl (C=O) groups is 5. The van der Waals surface area contributed by atoms with E-state index in [0.717, 1.165) is 12.8 Å². The third kappa shape index (κ3) is 8.71. The van der Waals surface area contributed by atoms with Crippen LogP contribution in [0.2, 0.25) is 5.02 Å². The van der Waals surface area contributed by atoms with Crippen molar-refractivity contribution in [1.29, 1.82) is 0 Å². The maximum Gasteiger partial charge on any atom is 0.315 e. The van der Waals surface area contributed by atoms with Crippen LogP contribution < -0.4 is 21.3 Å². The summed E-state index contributed by atoms with van der Waals surface area (Å²) < 4.78 is 25.5. The fraction of sp³-hybridized carbons (Fsp3) is 0.613. The first-order valence-corrected chi connectivity index (χ1v) is 15.8. The van der Waals surface area contributed by atoms with Crippen LogP contribution >= 0.6 is 11.6 Å². The van der Waals surface area contributed by atoms with Gasteiger partial charge in [-0.3, -0.25) is 19.2 Å². The lowest BCUT2D eigenvalue weighted by Crippen LogP contribution is -2.60. The Balaban J connectivity index is 1.60. The first-order valence-electron chi connectivity index (χ1n) is 15.4. The molecular weight excluding hydrogens is 626 g/mol. The molecule has 2 fully saturated rings. The van der Waals surface area contributed by atoms with Crippen LogP contribution in [0.25, 0.3) is 0 Å². The zero-order valence-corrected chi connectivity index (χ0v) is 27.1. The largest absolute Gasteiger partial charge is 0.387 e. The molecule has 1 aliphatic carbocycles. The fourth-order valence-corrected chi connectivity index (χ4v) is 5.78. The first-order chi connectivity index (χ1) is 21.6. The predicted octanol–water partition coefficient (Wildman–Crippen LogP) is 2.92. The van der Waals surface area contributed by atoms with Crippen molar-refractivity contribution in [3.63, 3.8) is 0 Å². The number of benzene rings is 1. The van der Waals surface area contributed by atoms with Gasteiger partial charge in [0, 0.05) is 29.5 Å². The number of hydrogen-bond acceptors (Lipinski definition) is 7. The normalized spacial score (nSPS) is 22.1. The molecule has 1 spiro atoms. The van der Waals surface area contributed by atoms with E-state index in [0.29, 0.717) is 22.7 Å². The van der Waals surface area contributed by atoms with E-state index in [1.54, 1.807) is 45.0 Å². The number of nitrogens with one attached hydrogen (secondary N) is 4. The Kier molecular flexibility index (Phi) is 10.9. The number of ketones is 1. The molecule has 4 atom stereocenters. The van der Waals surface area contributed by atoms with Gasteiger partial charge in [-0.15, -0.1) is 0 Å². The van der Waals surface area contributed by atoms with Crippen LogP contribution in [-0.4, -0.2) is 89.4 Å². The zero-order valence-electron chi connectivity index (χ0n) is 26.3. The van der Waals surface area contributed by atoms with Gasteiger partial charge in [0.05, 0.1) is 24.8 Å². The number of likely N-dealkylation sites (tertiary alicyclic amines) is 1. The summed E-state index contributed by atoms with van der Waals surface area (Å²) >= 11 is 6.18. The molecular formula is C31H41ClF2N6O6. The van der Waals surface area contributed by atoms with Gasteiger partial charge >= 0.3 is 6.03 Å². The van der Waals surface area contributed by atoms with E-state index in [1.165, 1.54) is 4.90 Å². The van der Waals surface area contributed by atoms with Crippen LogP contribution in [0.4, 0.5) is 13.6 Å². The third-order valence-electron chi connectivity index (χ3n) is 8.13. The maximum absolute atomic E-state index is 14.2. The number of nitrogens with zero attached hydrogens (tertiary/aromatic N) is 2. The lowest BCUT2D eigenvalue weighted by atomic mass is 9.85. The number of carbonyl (C=O) groups excluding carboxylic acids is 5. The molecule has 252 valence electrons. The summed E-state index contributed by atoms with van der Waals surface area (Å²) in [4.78, 5) is 73.5. The van der Waals surface area contributed by atoms with Crippen LogP contribution in [0.3, 0.4) is 0 Å². The second-order valence-corrected chi connectivity index (χ2v) is 13.6.